The molecule has 1 N–H and O–H groups in total. The molecule has 1 aromatic heterocycles. The van der Waals surface area contributed by atoms with E-state index in [9.17, 15) is 12.8 Å². The van der Waals surface area contributed by atoms with E-state index >= 15 is 0 Å². The summed E-state index contributed by atoms with van der Waals surface area (Å²) >= 11 is 0. The molecule has 2 aliphatic rings. The summed E-state index contributed by atoms with van der Waals surface area (Å²) in [4.78, 5) is 4.22. The summed E-state index contributed by atoms with van der Waals surface area (Å²) in [5.41, 5.74) is 0. The number of halogens is 1. The highest BCUT2D eigenvalue weighted by Crippen LogP contribution is 2.36. The Morgan fingerprint density at radius 2 is 2.12 bits per heavy atom. The number of fused-ring (bicyclic) bond motifs is 1. The van der Waals surface area contributed by atoms with Crippen LogP contribution in [0.1, 0.15) is 0 Å². The van der Waals surface area contributed by atoms with Gasteiger partial charge in [-0.1, -0.05) is 12.1 Å². The van der Waals surface area contributed by atoms with Gasteiger partial charge in [0.2, 0.25) is 10.0 Å². The van der Waals surface area contributed by atoms with Crippen molar-refractivity contribution in [1.29, 1.82) is 0 Å². The molecule has 2 aliphatic heterocycles. The van der Waals surface area contributed by atoms with Gasteiger partial charge in [-0.2, -0.15) is 4.31 Å². The molecule has 4 rings (SSSR count). The van der Waals surface area contributed by atoms with Crippen molar-refractivity contribution in [2.45, 2.75) is 11.0 Å². The van der Waals surface area contributed by atoms with Crippen LogP contribution in [0.15, 0.2) is 53.6 Å². The molecule has 26 heavy (non-hydrogen) atoms. The Balaban J connectivity index is 1.44. The van der Waals surface area contributed by atoms with E-state index in [-0.39, 0.29) is 22.8 Å². The minimum atomic E-state index is -3.71. The molecule has 0 saturated carbocycles. The van der Waals surface area contributed by atoms with Crippen molar-refractivity contribution in [1.82, 2.24) is 9.29 Å². The smallest absolute Gasteiger partial charge is 0.243 e. The Labute approximate surface area is 152 Å². The minimum absolute atomic E-state index is 0.0133. The van der Waals surface area contributed by atoms with E-state index in [1.54, 1.807) is 6.20 Å². The second kappa shape index (κ2) is 6.94. The van der Waals surface area contributed by atoms with Gasteiger partial charge >= 0.3 is 0 Å². The normalized spacial score (nSPS) is 26.0. The summed E-state index contributed by atoms with van der Waals surface area (Å²) in [6.07, 6.45) is 1.60. The summed E-state index contributed by atoms with van der Waals surface area (Å²) in [7, 11) is -3.71. The Morgan fingerprint density at radius 1 is 1.23 bits per heavy atom. The summed E-state index contributed by atoms with van der Waals surface area (Å²) in [5.74, 6) is 0.557. The second-order valence-corrected chi connectivity index (χ2v) is 8.61. The number of anilines is 1. The van der Waals surface area contributed by atoms with E-state index in [4.69, 9.17) is 4.74 Å². The third kappa shape index (κ3) is 3.32. The van der Waals surface area contributed by atoms with Gasteiger partial charge in [0.15, 0.2) is 0 Å². The van der Waals surface area contributed by atoms with Gasteiger partial charge in [0.05, 0.1) is 17.6 Å². The number of ether oxygens (including phenoxy) is 1. The van der Waals surface area contributed by atoms with Crippen molar-refractivity contribution in [3.63, 3.8) is 0 Å². The minimum Gasteiger partial charge on any atom is -0.376 e. The summed E-state index contributed by atoms with van der Waals surface area (Å²) in [5, 5.41) is 3.28. The summed E-state index contributed by atoms with van der Waals surface area (Å²) in [6.45, 7) is 1.97. The first-order valence-electron chi connectivity index (χ1n) is 8.56. The number of nitrogens with zero attached hydrogens (tertiary/aromatic N) is 2. The molecule has 2 aromatic rings. The molecule has 138 valence electrons. The molecule has 2 fully saturated rings. The number of hydrogen-bond acceptors (Lipinski definition) is 5. The van der Waals surface area contributed by atoms with Gasteiger partial charge < -0.3 is 10.1 Å². The van der Waals surface area contributed by atoms with Crippen LogP contribution in [0.25, 0.3) is 0 Å². The van der Waals surface area contributed by atoms with Crippen molar-refractivity contribution >= 4 is 15.8 Å². The van der Waals surface area contributed by atoms with Crippen LogP contribution in [-0.2, 0) is 14.8 Å². The Morgan fingerprint density at radius 3 is 2.88 bits per heavy atom. The van der Waals surface area contributed by atoms with E-state index in [1.807, 2.05) is 18.2 Å². The average molecular weight is 377 g/mol. The van der Waals surface area contributed by atoms with Gasteiger partial charge in [-0.05, 0) is 30.3 Å². The Bertz CT molecular complexity index is 878. The standard InChI is InChI=1S/C18H20FN3O3S/c19-14-4-3-5-15(8-14)26(23,24)22-10-16-13(12-25-17(16)11-22)9-21-18-6-1-2-7-20-18/h1-8,13,16-17H,9-12H2,(H,20,21)/t13-,16+,17+/m1/s1. The quantitative estimate of drug-likeness (QED) is 0.863. The maximum absolute atomic E-state index is 13.4. The van der Waals surface area contributed by atoms with E-state index < -0.39 is 15.8 Å². The van der Waals surface area contributed by atoms with Crippen LogP contribution in [0.3, 0.4) is 0 Å². The highest BCUT2D eigenvalue weighted by Gasteiger charge is 2.47. The van der Waals surface area contributed by atoms with Gasteiger partial charge in [-0.15, -0.1) is 0 Å². The number of pyridine rings is 1. The third-order valence-electron chi connectivity index (χ3n) is 5.05. The monoisotopic (exact) mass is 377 g/mol. The lowest BCUT2D eigenvalue weighted by Gasteiger charge is -2.20. The topological polar surface area (TPSA) is 71.5 Å². The number of hydrogen-bond donors (Lipinski definition) is 1. The van der Waals surface area contributed by atoms with Crippen LogP contribution in [0, 0.1) is 17.7 Å². The molecule has 0 radical (unpaired) electrons. The molecule has 0 amide bonds. The molecule has 6 nitrogen and oxygen atoms in total. The van der Waals surface area contributed by atoms with Crippen molar-refractivity contribution in [3.05, 3.63) is 54.5 Å². The van der Waals surface area contributed by atoms with Crippen molar-refractivity contribution in [3.8, 4) is 0 Å². The predicted octanol–water partition coefficient (Wildman–Crippen LogP) is 1.97. The fraction of sp³-hybridized carbons (Fsp3) is 0.389. The second-order valence-electron chi connectivity index (χ2n) is 6.67. The van der Waals surface area contributed by atoms with Crippen LogP contribution in [0.5, 0.6) is 0 Å². The van der Waals surface area contributed by atoms with Crippen molar-refractivity contribution in [2.75, 3.05) is 31.6 Å². The number of aromatic nitrogens is 1. The van der Waals surface area contributed by atoms with Gasteiger partial charge in [-0.25, -0.2) is 17.8 Å². The maximum atomic E-state index is 13.4. The van der Waals surface area contributed by atoms with Gasteiger partial charge in [0, 0.05) is 37.7 Å². The predicted molar refractivity (Wildman–Crippen MR) is 94.6 cm³/mol. The molecule has 1 aromatic carbocycles. The lowest BCUT2D eigenvalue weighted by atomic mass is 9.93. The molecule has 0 bridgehead atoms. The van der Waals surface area contributed by atoms with Crippen LogP contribution < -0.4 is 5.32 Å². The van der Waals surface area contributed by atoms with Gasteiger partial charge in [0.1, 0.15) is 11.6 Å². The average Bonchev–Trinajstić information content (AvgIpc) is 3.22. The highest BCUT2D eigenvalue weighted by molar-refractivity contribution is 7.89. The van der Waals surface area contributed by atoms with E-state index in [2.05, 4.69) is 10.3 Å². The van der Waals surface area contributed by atoms with E-state index in [1.165, 1.54) is 22.5 Å². The fourth-order valence-electron chi connectivity index (χ4n) is 3.65. The fourth-order valence-corrected chi connectivity index (χ4v) is 5.17. The SMILES string of the molecule is O=S(=O)(c1cccc(F)c1)N1C[C@H]2[C@H](CNc3ccccn3)CO[C@H]2C1. The van der Waals surface area contributed by atoms with Crippen LogP contribution in [0.4, 0.5) is 10.2 Å². The van der Waals surface area contributed by atoms with Crippen molar-refractivity contribution in [2.24, 2.45) is 11.8 Å². The summed E-state index contributed by atoms with van der Waals surface area (Å²) < 4.78 is 46.2. The highest BCUT2D eigenvalue weighted by atomic mass is 32.2. The van der Waals surface area contributed by atoms with Crippen molar-refractivity contribution < 1.29 is 17.5 Å². The molecule has 3 atom stereocenters. The third-order valence-corrected chi connectivity index (χ3v) is 6.88. The van der Waals surface area contributed by atoms with Crippen LogP contribution in [-0.4, -0.2) is 50.1 Å². The molecule has 2 saturated heterocycles. The Kier molecular flexibility index (Phi) is 4.64. The van der Waals surface area contributed by atoms with E-state index in [0.29, 0.717) is 26.2 Å². The van der Waals surface area contributed by atoms with Crippen LogP contribution in [0.2, 0.25) is 0 Å². The zero-order chi connectivity index (χ0) is 18.1. The number of nitrogens with one attached hydrogen (secondary N) is 1. The molecular formula is C18H20FN3O3S. The zero-order valence-corrected chi connectivity index (χ0v) is 14.9. The number of sulfonamides is 1. The first-order valence-corrected chi connectivity index (χ1v) is 10.0. The largest absolute Gasteiger partial charge is 0.376 e. The molecule has 8 heteroatoms. The first-order chi connectivity index (χ1) is 12.5. The first kappa shape index (κ1) is 17.4. The molecule has 0 unspecified atom stereocenters. The zero-order valence-electron chi connectivity index (χ0n) is 14.1. The van der Waals surface area contributed by atoms with Gasteiger partial charge in [0.25, 0.3) is 0 Å². The van der Waals surface area contributed by atoms with E-state index in [0.717, 1.165) is 11.9 Å². The lowest BCUT2D eigenvalue weighted by Crippen LogP contribution is -2.32. The maximum Gasteiger partial charge on any atom is 0.243 e. The lowest BCUT2D eigenvalue weighted by molar-refractivity contribution is 0.104. The number of benzene rings is 1. The van der Waals surface area contributed by atoms with Crippen LogP contribution >= 0.6 is 0 Å². The molecule has 0 spiro atoms. The molecule has 3 heterocycles. The number of rotatable bonds is 5. The van der Waals surface area contributed by atoms with Gasteiger partial charge in [-0.3, -0.25) is 0 Å². The molecular weight excluding hydrogens is 357 g/mol. The molecule has 0 aliphatic carbocycles. The summed E-state index contributed by atoms with van der Waals surface area (Å²) in [6, 6.07) is 10.8. The Hall–Kier alpha value is -2.03.